The first kappa shape index (κ1) is 13.4. The van der Waals surface area contributed by atoms with Crippen molar-refractivity contribution in [3.63, 3.8) is 0 Å². The molecule has 1 heterocycles. The number of aryl methyl sites for hydroxylation is 1. The molecule has 4 nitrogen and oxygen atoms in total. The first-order chi connectivity index (χ1) is 7.60. The van der Waals surface area contributed by atoms with E-state index in [4.69, 9.17) is 21.1 Å². The lowest BCUT2D eigenvalue weighted by atomic mass is 10.3. The average molecular weight is 245 g/mol. The molecular weight excluding hydrogens is 228 g/mol. The zero-order valence-corrected chi connectivity index (χ0v) is 10.8. The number of hydrogen-bond donors (Lipinski definition) is 0. The number of halogens is 1. The van der Waals surface area contributed by atoms with Gasteiger partial charge in [0.15, 0.2) is 5.82 Å². The molecule has 0 unspecified atom stereocenters. The lowest BCUT2D eigenvalue weighted by molar-refractivity contribution is -0.145. The van der Waals surface area contributed by atoms with Gasteiger partial charge in [0.05, 0.1) is 0 Å². The third-order valence-corrected chi connectivity index (χ3v) is 2.56. The fourth-order valence-corrected chi connectivity index (χ4v) is 1.44. The Morgan fingerprint density at radius 3 is 2.12 bits per heavy atom. The van der Waals surface area contributed by atoms with E-state index in [1.165, 1.54) is 0 Å². The summed E-state index contributed by atoms with van der Waals surface area (Å²) in [5.41, 5.74) is 1.73. The average Bonchev–Trinajstić information content (AvgIpc) is 2.25. The number of aromatic nitrogens is 2. The minimum atomic E-state index is -0.535. The maximum absolute atomic E-state index is 6.00. The van der Waals surface area contributed by atoms with Gasteiger partial charge in [-0.15, -0.1) is 0 Å². The maximum Gasteiger partial charge on any atom is 0.219 e. The van der Waals surface area contributed by atoms with Gasteiger partial charge in [0.1, 0.15) is 5.15 Å². The Morgan fingerprint density at radius 1 is 1.12 bits per heavy atom. The quantitative estimate of drug-likeness (QED) is 0.590. The van der Waals surface area contributed by atoms with Crippen LogP contribution in [0.5, 0.6) is 0 Å². The van der Waals surface area contributed by atoms with Crippen LogP contribution in [0.25, 0.3) is 0 Å². The van der Waals surface area contributed by atoms with Crippen LogP contribution in [-0.4, -0.2) is 23.2 Å². The van der Waals surface area contributed by atoms with Crippen molar-refractivity contribution in [3.8, 4) is 0 Å². The van der Waals surface area contributed by atoms with E-state index < -0.39 is 6.29 Å². The molecule has 0 saturated heterocycles. The van der Waals surface area contributed by atoms with Crippen molar-refractivity contribution in [2.75, 3.05) is 13.2 Å². The molecule has 0 aliphatic rings. The van der Waals surface area contributed by atoms with Gasteiger partial charge in [0.2, 0.25) is 6.29 Å². The standard InChI is InChI=1S/C11H17ClN2O2/c1-5-15-11(16-6-2)10-13-8(4)7(3)9(12)14-10/h11H,5-6H2,1-4H3. The molecule has 0 aliphatic carbocycles. The van der Waals surface area contributed by atoms with E-state index in [0.717, 1.165) is 11.3 Å². The van der Waals surface area contributed by atoms with Crippen LogP contribution in [-0.2, 0) is 9.47 Å². The summed E-state index contributed by atoms with van der Waals surface area (Å²) in [6, 6.07) is 0. The molecule has 1 rings (SSSR count). The second-order valence-electron chi connectivity index (χ2n) is 3.33. The third-order valence-electron chi connectivity index (χ3n) is 2.19. The van der Waals surface area contributed by atoms with E-state index in [-0.39, 0.29) is 0 Å². The molecule has 0 atom stereocenters. The van der Waals surface area contributed by atoms with Crippen molar-refractivity contribution in [2.24, 2.45) is 0 Å². The maximum atomic E-state index is 6.00. The Morgan fingerprint density at radius 2 is 1.69 bits per heavy atom. The predicted molar refractivity (Wildman–Crippen MR) is 62.5 cm³/mol. The number of hydrogen-bond acceptors (Lipinski definition) is 4. The summed E-state index contributed by atoms with van der Waals surface area (Å²) in [7, 11) is 0. The van der Waals surface area contributed by atoms with Crippen molar-refractivity contribution < 1.29 is 9.47 Å². The van der Waals surface area contributed by atoms with Crippen LogP contribution in [0, 0.1) is 13.8 Å². The van der Waals surface area contributed by atoms with E-state index in [9.17, 15) is 0 Å². The monoisotopic (exact) mass is 244 g/mol. The van der Waals surface area contributed by atoms with Gasteiger partial charge in [-0.1, -0.05) is 11.6 Å². The highest BCUT2D eigenvalue weighted by Crippen LogP contribution is 2.20. The molecule has 0 N–H and O–H groups in total. The van der Waals surface area contributed by atoms with Crippen molar-refractivity contribution >= 4 is 11.6 Å². The highest BCUT2D eigenvalue weighted by atomic mass is 35.5. The van der Waals surface area contributed by atoms with Gasteiger partial charge < -0.3 is 9.47 Å². The summed E-state index contributed by atoms with van der Waals surface area (Å²) >= 11 is 6.00. The Bertz CT molecular complexity index is 329. The molecule has 1 aromatic rings. The third kappa shape index (κ3) is 3.14. The first-order valence-corrected chi connectivity index (χ1v) is 5.71. The smallest absolute Gasteiger partial charge is 0.219 e. The number of rotatable bonds is 5. The van der Waals surface area contributed by atoms with Crippen molar-refractivity contribution in [2.45, 2.75) is 34.0 Å². The lowest BCUT2D eigenvalue weighted by Gasteiger charge is -2.16. The van der Waals surface area contributed by atoms with E-state index in [2.05, 4.69) is 9.97 Å². The van der Waals surface area contributed by atoms with E-state index in [1.54, 1.807) is 0 Å². The van der Waals surface area contributed by atoms with Gasteiger partial charge in [0.25, 0.3) is 0 Å². The summed E-state index contributed by atoms with van der Waals surface area (Å²) in [5.74, 6) is 0.483. The number of nitrogens with zero attached hydrogens (tertiary/aromatic N) is 2. The number of ether oxygens (including phenoxy) is 2. The SMILES string of the molecule is CCOC(OCC)c1nc(C)c(C)c(Cl)n1. The van der Waals surface area contributed by atoms with Gasteiger partial charge in [-0.3, -0.25) is 0 Å². The minimum absolute atomic E-state index is 0.451. The molecule has 90 valence electrons. The van der Waals surface area contributed by atoms with Gasteiger partial charge in [-0.25, -0.2) is 9.97 Å². The van der Waals surface area contributed by atoms with E-state index >= 15 is 0 Å². The van der Waals surface area contributed by atoms with Crippen LogP contribution >= 0.6 is 11.6 Å². The lowest BCUT2D eigenvalue weighted by Crippen LogP contribution is -2.14. The Kier molecular flexibility index (Phi) is 5.12. The van der Waals surface area contributed by atoms with Gasteiger partial charge >= 0.3 is 0 Å². The highest BCUT2D eigenvalue weighted by Gasteiger charge is 2.17. The summed E-state index contributed by atoms with van der Waals surface area (Å²) in [4.78, 5) is 8.50. The molecule has 0 saturated carbocycles. The van der Waals surface area contributed by atoms with Crippen molar-refractivity contribution in [1.82, 2.24) is 9.97 Å². The second kappa shape index (κ2) is 6.13. The Labute approximate surface area is 101 Å². The van der Waals surface area contributed by atoms with Crippen LogP contribution < -0.4 is 0 Å². The predicted octanol–water partition coefficient (Wildman–Crippen LogP) is 2.82. The Balaban J connectivity index is 3.00. The summed E-state index contributed by atoms with van der Waals surface area (Å²) < 4.78 is 10.8. The fraction of sp³-hybridized carbons (Fsp3) is 0.636. The van der Waals surface area contributed by atoms with Crippen LogP contribution in [0.3, 0.4) is 0 Å². The summed E-state index contributed by atoms with van der Waals surface area (Å²) in [6.07, 6.45) is -0.535. The van der Waals surface area contributed by atoms with Gasteiger partial charge in [-0.2, -0.15) is 0 Å². The minimum Gasteiger partial charge on any atom is -0.346 e. The highest BCUT2D eigenvalue weighted by molar-refractivity contribution is 6.30. The summed E-state index contributed by atoms with van der Waals surface area (Å²) in [5, 5.41) is 0.451. The largest absolute Gasteiger partial charge is 0.346 e. The summed E-state index contributed by atoms with van der Waals surface area (Å²) in [6.45, 7) is 8.65. The molecule has 1 aromatic heterocycles. The van der Waals surface area contributed by atoms with Crippen LogP contribution in [0.2, 0.25) is 5.15 Å². The van der Waals surface area contributed by atoms with Gasteiger partial charge in [-0.05, 0) is 27.7 Å². The van der Waals surface area contributed by atoms with Gasteiger partial charge in [0, 0.05) is 24.5 Å². The van der Waals surface area contributed by atoms with E-state index in [0.29, 0.717) is 24.2 Å². The van der Waals surface area contributed by atoms with Crippen molar-refractivity contribution in [3.05, 3.63) is 22.2 Å². The van der Waals surface area contributed by atoms with E-state index in [1.807, 2.05) is 27.7 Å². The van der Waals surface area contributed by atoms with Crippen LogP contribution in [0.4, 0.5) is 0 Å². The molecule has 5 heteroatoms. The normalized spacial score (nSPS) is 11.1. The van der Waals surface area contributed by atoms with Crippen molar-refractivity contribution in [1.29, 1.82) is 0 Å². The molecule has 0 amide bonds. The zero-order chi connectivity index (χ0) is 12.1. The molecular formula is C11H17ClN2O2. The first-order valence-electron chi connectivity index (χ1n) is 5.34. The molecule has 16 heavy (non-hydrogen) atoms. The Hall–Kier alpha value is -0.710. The zero-order valence-electron chi connectivity index (χ0n) is 10.1. The molecule has 0 aromatic carbocycles. The van der Waals surface area contributed by atoms with Crippen LogP contribution in [0.1, 0.15) is 37.2 Å². The second-order valence-corrected chi connectivity index (χ2v) is 3.68. The topological polar surface area (TPSA) is 44.2 Å². The molecule has 0 radical (unpaired) electrons. The molecule has 0 bridgehead atoms. The van der Waals surface area contributed by atoms with Crippen LogP contribution in [0.15, 0.2) is 0 Å². The fourth-order valence-electron chi connectivity index (χ4n) is 1.22. The molecule has 0 fully saturated rings. The molecule has 0 spiro atoms. The molecule has 0 aliphatic heterocycles.